The standard InChI is InChI=1S/C30H29N3O/c1-20(2)21-14-17-23(18-15-21)31-29(34)13-7-10-25-24-9-4-6-12-27(24)33-30(25)28-19-16-22-8-3-5-11-26(22)32-28/h3-6,8-9,11-12,14-20,33H,7,10,13H2,1-2H3,(H,31,34). The molecular weight excluding hydrogens is 418 g/mol. The van der Waals surface area contributed by atoms with Gasteiger partial charge in [0.15, 0.2) is 0 Å². The lowest BCUT2D eigenvalue weighted by Gasteiger charge is -2.09. The fourth-order valence-corrected chi connectivity index (χ4v) is 4.48. The highest BCUT2D eigenvalue weighted by atomic mass is 16.1. The molecule has 4 nitrogen and oxygen atoms in total. The van der Waals surface area contributed by atoms with E-state index < -0.39 is 0 Å². The molecule has 170 valence electrons. The summed E-state index contributed by atoms with van der Waals surface area (Å²) in [4.78, 5) is 21.1. The van der Waals surface area contributed by atoms with Gasteiger partial charge in [-0.15, -0.1) is 0 Å². The SMILES string of the molecule is CC(C)c1ccc(NC(=O)CCCc2c(-c3ccc4ccccc4n3)[nH]c3ccccc23)cc1. The minimum Gasteiger partial charge on any atom is -0.353 e. The molecule has 2 aromatic heterocycles. The number of carbonyl (C=O) groups excluding carboxylic acids is 1. The number of fused-ring (bicyclic) bond motifs is 2. The summed E-state index contributed by atoms with van der Waals surface area (Å²) in [6.07, 6.45) is 2.03. The highest BCUT2D eigenvalue weighted by molar-refractivity contribution is 5.92. The van der Waals surface area contributed by atoms with Crippen molar-refractivity contribution in [2.24, 2.45) is 0 Å². The summed E-state index contributed by atoms with van der Waals surface area (Å²) < 4.78 is 0. The van der Waals surface area contributed by atoms with Crippen molar-refractivity contribution in [1.29, 1.82) is 0 Å². The van der Waals surface area contributed by atoms with Gasteiger partial charge >= 0.3 is 0 Å². The molecule has 0 saturated carbocycles. The third-order valence-electron chi connectivity index (χ3n) is 6.36. The fraction of sp³-hybridized carbons (Fsp3) is 0.200. The molecule has 4 heteroatoms. The van der Waals surface area contributed by atoms with E-state index in [0.717, 1.165) is 46.3 Å². The molecule has 1 amide bonds. The number of para-hydroxylation sites is 2. The Bertz CT molecular complexity index is 1450. The van der Waals surface area contributed by atoms with E-state index in [2.05, 4.69) is 72.7 Å². The van der Waals surface area contributed by atoms with Crippen LogP contribution in [0.4, 0.5) is 5.69 Å². The molecule has 2 heterocycles. The van der Waals surface area contributed by atoms with Gasteiger partial charge in [0.1, 0.15) is 0 Å². The van der Waals surface area contributed by atoms with Crippen molar-refractivity contribution in [1.82, 2.24) is 9.97 Å². The van der Waals surface area contributed by atoms with Crippen LogP contribution >= 0.6 is 0 Å². The van der Waals surface area contributed by atoms with Crippen molar-refractivity contribution in [2.45, 2.75) is 39.0 Å². The number of aromatic amines is 1. The van der Waals surface area contributed by atoms with E-state index in [-0.39, 0.29) is 5.91 Å². The van der Waals surface area contributed by atoms with Crippen molar-refractivity contribution >= 4 is 33.4 Å². The van der Waals surface area contributed by atoms with Crippen molar-refractivity contribution in [3.63, 3.8) is 0 Å². The second kappa shape index (κ2) is 9.52. The molecule has 0 aliphatic rings. The molecule has 34 heavy (non-hydrogen) atoms. The van der Waals surface area contributed by atoms with E-state index in [1.54, 1.807) is 0 Å². The predicted molar refractivity (Wildman–Crippen MR) is 141 cm³/mol. The highest BCUT2D eigenvalue weighted by Gasteiger charge is 2.15. The number of amides is 1. The van der Waals surface area contributed by atoms with Gasteiger partial charge in [0, 0.05) is 28.4 Å². The molecule has 0 radical (unpaired) electrons. The molecule has 0 saturated heterocycles. The second-order valence-corrected chi connectivity index (χ2v) is 9.09. The number of rotatable bonds is 7. The summed E-state index contributed by atoms with van der Waals surface area (Å²) in [5, 5.41) is 5.35. The van der Waals surface area contributed by atoms with Gasteiger partial charge in [-0.05, 0) is 60.2 Å². The number of hydrogen-bond donors (Lipinski definition) is 2. The van der Waals surface area contributed by atoms with Crippen LogP contribution in [0.2, 0.25) is 0 Å². The molecule has 5 aromatic rings. The lowest BCUT2D eigenvalue weighted by atomic mass is 10.0. The molecule has 0 bridgehead atoms. The second-order valence-electron chi connectivity index (χ2n) is 9.09. The number of benzene rings is 3. The summed E-state index contributed by atoms with van der Waals surface area (Å²) in [6.45, 7) is 4.33. The first-order valence-electron chi connectivity index (χ1n) is 11.9. The number of carbonyl (C=O) groups is 1. The molecule has 5 rings (SSSR count). The van der Waals surface area contributed by atoms with Crippen LogP contribution in [-0.2, 0) is 11.2 Å². The average molecular weight is 448 g/mol. The minimum absolute atomic E-state index is 0.0440. The van der Waals surface area contributed by atoms with Crippen LogP contribution in [0.1, 0.15) is 43.7 Å². The van der Waals surface area contributed by atoms with Crippen molar-refractivity contribution < 1.29 is 4.79 Å². The zero-order valence-corrected chi connectivity index (χ0v) is 19.6. The first kappa shape index (κ1) is 21.9. The predicted octanol–water partition coefficient (Wildman–Crippen LogP) is 7.47. The molecule has 2 N–H and O–H groups in total. The molecule has 0 aliphatic heterocycles. The van der Waals surface area contributed by atoms with Crippen LogP contribution in [0, 0.1) is 0 Å². The third-order valence-corrected chi connectivity index (χ3v) is 6.36. The van der Waals surface area contributed by atoms with Crippen LogP contribution in [-0.4, -0.2) is 15.9 Å². The van der Waals surface area contributed by atoms with E-state index in [1.165, 1.54) is 16.5 Å². The van der Waals surface area contributed by atoms with Gasteiger partial charge in [0.05, 0.1) is 16.9 Å². The Kier molecular flexibility index (Phi) is 6.13. The fourth-order valence-electron chi connectivity index (χ4n) is 4.48. The lowest BCUT2D eigenvalue weighted by Crippen LogP contribution is -2.11. The van der Waals surface area contributed by atoms with Gasteiger partial charge in [-0.3, -0.25) is 4.79 Å². The molecule has 3 aromatic carbocycles. The number of hydrogen-bond acceptors (Lipinski definition) is 2. The van der Waals surface area contributed by atoms with Gasteiger partial charge in [0.2, 0.25) is 5.91 Å². The maximum atomic E-state index is 12.6. The van der Waals surface area contributed by atoms with E-state index in [4.69, 9.17) is 4.98 Å². The molecule has 0 aliphatic carbocycles. The average Bonchev–Trinajstić information content (AvgIpc) is 3.22. The first-order chi connectivity index (χ1) is 16.6. The van der Waals surface area contributed by atoms with E-state index >= 15 is 0 Å². The Morgan fingerprint density at radius 3 is 2.50 bits per heavy atom. The van der Waals surface area contributed by atoms with Crippen LogP contribution in [0.3, 0.4) is 0 Å². The Morgan fingerprint density at radius 1 is 0.912 bits per heavy atom. The van der Waals surface area contributed by atoms with Crippen LogP contribution in [0.15, 0.2) is 84.9 Å². The molecule has 0 spiro atoms. The minimum atomic E-state index is 0.0440. The first-order valence-corrected chi connectivity index (χ1v) is 11.9. The molecule has 0 fully saturated rings. The maximum absolute atomic E-state index is 12.6. The zero-order chi connectivity index (χ0) is 23.5. The molecule has 0 atom stereocenters. The monoisotopic (exact) mass is 447 g/mol. The van der Waals surface area contributed by atoms with Crippen LogP contribution < -0.4 is 5.32 Å². The van der Waals surface area contributed by atoms with Crippen molar-refractivity contribution in [2.75, 3.05) is 5.32 Å². The number of anilines is 1. The number of nitrogens with zero attached hydrogens (tertiary/aromatic N) is 1. The van der Waals surface area contributed by atoms with Crippen LogP contribution in [0.5, 0.6) is 0 Å². The normalized spacial score (nSPS) is 11.4. The molecule has 0 unspecified atom stereocenters. The smallest absolute Gasteiger partial charge is 0.224 e. The third kappa shape index (κ3) is 4.58. The largest absolute Gasteiger partial charge is 0.353 e. The van der Waals surface area contributed by atoms with E-state index in [9.17, 15) is 4.79 Å². The van der Waals surface area contributed by atoms with Gasteiger partial charge in [0.25, 0.3) is 0 Å². The van der Waals surface area contributed by atoms with Gasteiger partial charge < -0.3 is 10.3 Å². The van der Waals surface area contributed by atoms with Gasteiger partial charge in [-0.1, -0.05) is 68.4 Å². The Balaban J connectivity index is 1.33. The van der Waals surface area contributed by atoms with Gasteiger partial charge in [-0.2, -0.15) is 0 Å². The summed E-state index contributed by atoms with van der Waals surface area (Å²) in [6, 6.07) is 28.8. The number of pyridine rings is 1. The summed E-state index contributed by atoms with van der Waals surface area (Å²) in [7, 11) is 0. The lowest BCUT2D eigenvalue weighted by molar-refractivity contribution is -0.116. The van der Waals surface area contributed by atoms with Gasteiger partial charge in [-0.25, -0.2) is 4.98 Å². The zero-order valence-electron chi connectivity index (χ0n) is 19.6. The highest BCUT2D eigenvalue weighted by Crippen LogP contribution is 2.31. The van der Waals surface area contributed by atoms with Crippen molar-refractivity contribution in [3.8, 4) is 11.4 Å². The quantitative estimate of drug-likeness (QED) is 0.272. The maximum Gasteiger partial charge on any atom is 0.224 e. The van der Waals surface area contributed by atoms with E-state index in [0.29, 0.717) is 12.3 Å². The van der Waals surface area contributed by atoms with E-state index in [1.807, 2.05) is 36.4 Å². The number of aromatic nitrogens is 2. The van der Waals surface area contributed by atoms with Crippen LogP contribution in [0.25, 0.3) is 33.2 Å². The summed E-state index contributed by atoms with van der Waals surface area (Å²) in [5.41, 5.74) is 7.38. The topological polar surface area (TPSA) is 57.8 Å². The summed E-state index contributed by atoms with van der Waals surface area (Å²) >= 11 is 0. The Labute approximate surface area is 200 Å². The number of aryl methyl sites for hydroxylation is 1. The number of nitrogens with one attached hydrogen (secondary N) is 2. The Hall–Kier alpha value is -3.92. The summed E-state index contributed by atoms with van der Waals surface area (Å²) in [5.74, 6) is 0.523. The molecular formula is C30H29N3O. The number of H-pyrrole nitrogens is 1. The van der Waals surface area contributed by atoms with Crippen molar-refractivity contribution in [3.05, 3.63) is 96.1 Å². The Morgan fingerprint density at radius 2 is 1.68 bits per heavy atom.